The molecule has 1 aromatic rings. The number of carbonyl (C=O) groups excluding carboxylic acids is 1. The molecule has 1 fully saturated rings. The quantitative estimate of drug-likeness (QED) is 0.885. The van der Waals surface area contributed by atoms with Crippen molar-refractivity contribution in [3.8, 4) is 0 Å². The number of ether oxygens (including phenoxy) is 1. The minimum absolute atomic E-state index is 0.0725. The van der Waals surface area contributed by atoms with Gasteiger partial charge in [0.05, 0.1) is 11.2 Å². The molecule has 1 unspecified atom stereocenters. The molecule has 0 radical (unpaired) electrons. The highest BCUT2D eigenvalue weighted by atomic mass is 16.5. The molecule has 0 aliphatic carbocycles. The Hall–Kier alpha value is -1.62. The number of pyridine rings is 1. The van der Waals surface area contributed by atoms with Gasteiger partial charge in [-0.15, -0.1) is 0 Å². The maximum atomic E-state index is 12.4. The first-order valence-corrected chi connectivity index (χ1v) is 7.15. The third-order valence-corrected chi connectivity index (χ3v) is 3.43. The average molecular weight is 277 g/mol. The predicted molar refractivity (Wildman–Crippen MR) is 78.9 cm³/mol. The minimum Gasteiger partial charge on any atom is -0.375 e. The molecule has 1 aliphatic rings. The lowest BCUT2D eigenvalue weighted by atomic mass is 9.94. The zero-order valence-corrected chi connectivity index (χ0v) is 12.4. The van der Waals surface area contributed by atoms with Gasteiger partial charge in [-0.05, 0) is 45.7 Å². The van der Waals surface area contributed by atoms with Crippen LogP contribution in [0, 0.1) is 0 Å². The van der Waals surface area contributed by atoms with Crippen LogP contribution in [0.5, 0.6) is 0 Å². The molecule has 5 nitrogen and oxygen atoms in total. The van der Waals surface area contributed by atoms with E-state index in [0.29, 0.717) is 18.0 Å². The summed E-state index contributed by atoms with van der Waals surface area (Å²) in [6, 6.07) is 3.73. The fourth-order valence-electron chi connectivity index (χ4n) is 2.52. The van der Waals surface area contributed by atoms with Gasteiger partial charge in [-0.2, -0.15) is 0 Å². The van der Waals surface area contributed by atoms with Gasteiger partial charge in [-0.25, -0.2) is 4.98 Å². The SMILES string of the molecule is CCNc1ncccc1C(=O)NC1CCOC(C)(C)C1. The lowest BCUT2D eigenvalue weighted by Gasteiger charge is -2.35. The monoisotopic (exact) mass is 277 g/mol. The molecule has 1 saturated heterocycles. The summed E-state index contributed by atoms with van der Waals surface area (Å²) in [6.07, 6.45) is 3.37. The molecule has 1 atom stereocenters. The van der Waals surface area contributed by atoms with Crippen molar-refractivity contribution in [2.45, 2.75) is 45.3 Å². The van der Waals surface area contributed by atoms with E-state index >= 15 is 0 Å². The number of hydrogen-bond donors (Lipinski definition) is 2. The van der Waals surface area contributed by atoms with Crippen molar-refractivity contribution in [1.82, 2.24) is 10.3 Å². The molecule has 0 spiro atoms. The number of nitrogens with one attached hydrogen (secondary N) is 2. The molecular weight excluding hydrogens is 254 g/mol. The minimum atomic E-state index is -0.171. The van der Waals surface area contributed by atoms with E-state index in [4.69, 9.17) is 4.74 Å². The molecule has 0 bridgehead atoms. The van der Waals surface area contributed by atoms with Crippen molar-refractivity contribution >= 4 is 11.7 Å². The summed E-state index contributed by atoms with van der Waals surface area (Å²) in [5.74, 6) is 0.565. The Morgan fingerprint density at radius 2 is 2.35 bits per heavy atom. The fourth-order valence-corrected chi connectivity index (χ4v) is 2.52. The molecule has 110 valence electrons. The van der Waals surface area contributed by atoms with E-state index < -0.39 is 0 Å². The average Bonchev–Trinajstić information content (AvgIpc) is 2.38. The molecule has 0 saturated carbocycles. The molecule has 20 heavy (non-hydrogen) atoms. The highest BCUT2D eigenvalue weighted by Crippen LogP contribution is 2.24. The lowest BCUT2D eigenvalue weighted by Crippen LogP contribution is -2.45. The van der Waals surface area contributed by atoms with E-state index in [9.17, 15) is 4.79 Å². The number of hydrogen-bond acceptors (Lipinski definition) is 4. The Balaban J connectivity index is 2.05. The second kappa shape index (κ2) is 6.22. The highest BCUT2D eigenvalue weighted by molar-refractivity contribution is 5.98. The molecule has 1 amide bonds. The van der Waals surface area contributed by atoms with Gasteiger partial charge in [0, 0.05) is 25.4 Å². The van der Waals surface area contributed by atoms with Crippen LogP contribution in [0.4, 0.5) is 5.82 Å². The fraction of sp³-hybridized carbons (Fsp3) is 0.600. The molecule has 1 aliphatic heterocycles. The van der Waals surface area contributed by atoms with E-state index in [2.05, 4.69) is 29.5 Å². The van der Waals surface area contributed by atoms with Crippen LogP contribution in [0.1, 0.15) is 44.0 Å². The summed E-state index contributed by atoms with van der Waals surface area (Å²) in [5.41, 5.74) is 0.425. The highest BCUT2D eigenvalue weighted by Gasteiger charge is 2.30. The Morgan fingerprint density at radius 3 is 3.05 bits per heavy atom. The molecule has 5 heteroatoms. The number of nitrogens with zero attached hydrogens (tertiary/aromatic N) is 1. The molecular formula is C15H23N3O2. The van der Waals surface area contributed by atoms with Gasteiger partial charge in [-0.3, -0.25) is 4.79 Å². The Kier molecular flexibility index (Phi) is 4.60. The van der Waals surface area contributed by atoms with Crippen LogP contribution in [0.2, 0.25) is 0 Å². The maximum absolute atomic E-state index is 12.4. The molecule has 2 heterocycles. The van der Waals surface area contributed by atoms with Crippen molar-refractivity contribution in [3.63, 3.8) is 0 Å². The van der Waals surface area contributed by atoms with Crippen molar-refractivity contribution in [1.29, 1.82) is 0 Å². The van der Waals surface area contributed by atoms with E-state index in [-0.39, 0.29) is 17.6 Å². The van der Waals surface area contributed by atoms with Crippen LogP contribution in [0.15, 0.2) is 18.3 Å². The first-order valence-electron chi connectivity index (χ1n) is 7.15. The van der Waals surface area contributed by atoms with E-state index in [1.807, 2.05) is 6.92 Å². The molecule has 2 N–H and O–H groups in total. The summed E-state index contributed by atoms with van der Waals surface area (Å²) >= 11 is 0. The number of aromatic nitrogens is 1. The third-order valence-electron chi connectivity index (χ3n) is 3.43. The van der Waals surface area contributed by atoms with Crippen LogP contribution in [-0.4, -0.2) is 35.7 Å². The van der Waals surface area contributed by atoms with Gasteiger partial charge in [0.15, 0.2) is 0 Å². The largest absolute Gasteiger partial charge is 0.375 e. The predicted octanol–water partition coefficient (Wildman–Crippen LogP) is 2.20. The van der Waals surface area contributed by atoms with Crippen molar-refractivity contribution < 1.29 is 9.53 Å². The second-order valence-corrected chi connectivity index (χ2v) is 5.70. The smallest absolute Gasteiger partial charge is 0.255 e. The summed E-state index contributed by atoms with van der Waals surface area (Å²) in [6.45, 7) is 7.52. The zero-order chi connectivity index (χ0) is 14.6. The van der Waals surface area contributed by atoms with Gasteiger partial charge in [0.1, 0.15) is 5.82 Å². The molecule has 1 aromatic heterocycles. The first kappa shape index (κ1) is 14.8. The lowest BCUT2D eigenvalue weighted by molar-refractivity contribution is -0.0615. The second-order valence-electron chi connectivity index (χ2n) is 5.70. The van der Waals surface area contributed by atoms with Crippen LogP contribution in [0.25, 0.3) is 0 Å². The van der Waals surface area contributed by atoms with Gasteiger partial charge in [-0.1, -0.05) is 0 Å². The summed E-state index contributed by atoms with van der Waals surface area (Å²) in [4.78, 5) is 16.6. The number of carbonyl (C=O) groups is 1. The molecule has 0 aromatic carbocycles. The summed E-state index contributed by atoms with van der Waals surface area (Å²) in [7, 11) is 0. The van der Waals surface area contributed by atoms with Gasteiger partial charge in [0.2, 0.25) is 0 Å². The topological polar surface area (TPSA) is 63.2 Å². The van der Waals surface area contributed by atoms with Crippen LogP contribution >= 0.6 is 0 Å². The van der Waals surface area contributed by atoms with Crippen LogP contribution in [0.3, 0.4) is 0 Å². The van der Waals surface area contributed by atoms with E-state index in [0.717, 1.165) is 19.4 Å². The standard InChI is InChI=1S/C15H23N3O2/c1-4-16-13-12(6-5-8-17-13)14(19)18-11-7-9-20-15(2,3)10-11/h5-6,8,11H,4,7,9-10H2,1-3H3,(H,16,17)(H,18,19). The Labute approximate surface area is 120 Å². The first-order chi connectivity index (χ1) is 9.52. The number of anilines is 1. The van der Waals surface area contributed by atoms with Crippen molar-refractivity contribution in [3.05, 3.63) is 23.9 Å². The van der Waals surface area contributed by atoms with E-state index in [1.165, 1.54) is 0 Å². The van der Waals surface area contributed by atoms with Crippen LogP contribution in [-0.2, 0) is 4.74 Å². The zero-order valence-electron chi connectivity index (χ0n) is 12.4. The van der Waals surface area contributed by atoms with Gasteiger partial charge >= 0.3 is 0 Å². The normalized spacial score (nSPS) is 21.2. The van der Waals surface area contributed by atoms with Crippen LogP contribution < -0.4 is 10.6 Å². The van der Waals surface area contributed by atoms with E-state index in [1.54, 1.807) is 18.3 Å². The summed E-state index contributed by atoms with van der Waals surface area (Å²) < 4.78 is 5.67. The van der Waals surface area contributed by atoms with Gasteiger partial charge in [0.25, 0.3) is 5.91 Å². The molecule has 2 rings (SSSR count). The Morgan fingerprint density at radius 1 is 1.55 bits per heavy atom. The van der Waals surface area contributed by atoms with Crippen molar-refractivity contribution in [2.24, 2.45) is 0 Å². The number of amides is 1. The van der Waals surface area contributed by atoms with Gasteiger partial charge < -0.3 is 15.4 Å². The maximum Gasteiger partial charge on any atom is 0.255 e. The third kappa shape index (κ3) is 3.70. The Bertz CT molecular complexity index is 474. The summed E-state index contributed by atoms with van der Waals surface area (Å²) in [5, 5.41) is 6.20. The number of rotatable bonds is 4. The van der Waals surface area contributed by atoms with Crippen molar-refractivity contribution in [2.75, 3.05) is 18.5 Å².